The van der Waals surface area contributed by atoms with Gasteiger partial charge in [0.15, 0.2) is 0 Å². The summed E-state index contributed by atoms with van der Waals surface area (Å²) in [6.45, 7) is 0.507. The van der Waals surface area contributed by atoms with Gasteiger partial charge in [-0.05, 0) is 12.1 Å². The number of nitriles is 1. The highest BCUT2D eigenvalue weighted by Crippen LogP contribution is 2.20. The third kappa shape index (κ3) is 2.24. The summed E-state index contributed by atoms with van der Waals surface area (Å²) < 4.78 is 4.76. The fourth-order valence-electron chi connectivity index (χ4n) is 1.87. The van der Waals surface area contributed by atoms with Gasteiger partial charge in [0.2, 0.25) is 0 Å². The van der Waals surface area contributed by atoms with Crippen LogP contribution in [0.5, 0.6) is 0 Å². The number of rotatable bonds is 3. The molecular formula is C14H10N4O. The highest BCUT2D eigenvalue weighted by molar-refractivity contribution is 5.86. The van der Waals surface area contributed by atoms with E-state index in [4.69, 9.17) is 4.52 Å². The Morgan fingerprint density at radius 2 is 2.16 bits per heavy atom. The zero-order chi connectivity index (χ0) is 13.1. The maximum Gasteiger partial charge on any atom is 0.128 e. The molecule has 2 aromatic heterocycles. The molecule has 5 heteroatoms. The molecule has 92 valence electrons. The summed E-state index contributed by atoms with van der Waals surface area (Å²) in [5.41, 5.74) is 2.19. The number of nitrogens with one attached hydrogen (secondary N) is 1. The monoisotopic (exact) mass is 250 g/mol. The van der Waals surface area contributed by atoms with Crippen LogP contribution in [0.15, 0.2) is 47.2 Å². The van der Waals surface area contributed by atoms with Gasteiger partial charge in [0.25, 0.3) is 0 Å². The van der Waals surface area contributed by atoms with Crippen molar-refractivity contribution in [3.05, 3.63) is 53.9 Å². The molecule has 3 rings (SSSR count). The van der Waals surface area contributed by atoms with E-state index in [1.807, 2.05) is 24.3 Å². The average Bonchev–Trinajstić information content (AvgIpc) is 2.97. The smallest absolute Gasteiger partial charge is 0.128 e. The van der Waals surface area contributed by atoms with E-state index in [9.17, 15) is 5.26 Å². The zero-order valence-electron chi connectivity index (χ0n) is 10.00. The van der Waals surface area contributed by atoms with Crippen molar-refractivity contribution >= 4 is 16.7 Å². The van der Waals surface area contributed by atoms with Crippen LogP contribution >= 0.6 is 0 Å². The van der Waals surface area contributed by atoms with Crippen LogP contribution in [0.2, 0.25) is 0 Å². The van der Waals surface area contributed by atoms with Gasteiger partial charge in [0, 0.05) is 11.5 Å². The molecular weight excluding hydrogens is 240 g/mol. The number of anilines is 1. The van der Waals surface area contributed by atoms with Crippen LogP contribution in [0.3, 0.4) is 0 Å². The molecule has 0 saturated heterocycles. The molecule has 0 atom stereocenters. The van der Waals surface area contributed by atoms with Crippen molar-refractivity contribution in [3.8, 4) is 6.07 Å². The second kappa shape index (κ2) is 4.78. The van der Waals surface area contributed by atoms with Crippen molar-refractivity contribution in [2.75, 3.05) is 5.32 Å². The third-order valence-corrected chi connectivity index (χ3v) is 2.78. The predicted molar refractivity (Wildman–Crippen MR) is 70.3 cm³/mol. The number of benzene rings is 1. The van der Waals surface area contributed by atoms with Gasteiger partial charge in [-0.1, -0.05) is 23.4 Å². The predicted octanol–water partition coefficient (Wildman–Crippen LogP) is 2.71. The van der Waals surface area contributed by atoms with Crippen LogP contribution in [0, 0.1) is 11.3 Å². The summed E-state index contributed by atoms with van der Waals surface area (Å²) in [5.74, 6) is 0.651. The molecule has 3 aromatic rings. The second-order valence-electron chi connectivity index (χ2n) is 4.03. The van der Waals surface area contributed by atoms with Crippen LogP contribution < -0.4 is 5.32 Å². The summed E-state index contributed by atoms with van der Waals surface area (Å²) in [6.07, 6.45) is 1.52. The molecule has 5 nitrogen and oxygen atoms in total. The highest BCUT2D eigenvalue weighted by Gasteiger charge is 2.05. The average molecular weight is 250 g/mol. The Kier molecular flexibility index (Phi) is 2.83. The Bertz CT molecular complexity index is 744. The summed E-state index contributed by atoms with van der Waals surface area (Å²) in [5, 5.41) is 17.0. The van der Waals surface area contributed by atoms with Crippen LogP contribution in [-0.2, 0) is 6.54 Å². The van der Waals surface area contributed by atoms with Crippen molar-refractivity contribution in [2.45, 2.75) is 6.54 Å². The number of hydrogen-bond donors (Lipinski definition) is 1. The van der Waals surface area contributed by atoms with Crippen LogP contribution in [0.4, 0.5) is 5.82 Å². The fourth-order valence-corrected chi connectivity index (χ4v) is 1.87. The molecule has 0 bridgehead atoms. The van der Waals surface area contributed by atoms with Crippen molar-refractivity contribution in [2.24, 2.45) is 0 Å². The Labute approximate surface area is 109 Å². The lowest BCUT2D eigenvalue weighted by Gasteiger charge is -2.06. The molecule has 19 heavy (non-hydrogen) atoms. The van der Waals surface area contributed by atoms with E-state index in [1.54, 1.807) is 12.1 Å². The number of para-hydroxylation sites is 1. The molecule has 0 aliphatic heterocycles. The van der Waals surface area contributed by atoms with Gasteiger partial charge in [-0.15, -0.1) is 0 Å². The minimum Gasteiger partial charge on any atom is -0.364 e. The normalized spacial score (nSPS) is 10.3. The molecule has 0 radical (unpaired) electrons. The zero-order valence-corrected chi connectivity index (χ0v) is 10.00. The van der Waals surface area contributed by atoms with Gasteiger partial charge < -0.3 is 9.84 Å². The summed E-state index contributed by atoms with van der Waals surface area (Å²) >= 11 is 0. The van der Waals surface area contributed by atoms with Crippen molar-refractivity contribution in [1.29, 1.82) is 5.26 Å². The van der Waals surface area contributed by atoms with Gasteiger partial charge in [0.05, 0.1) is 23.7 Å². The number of aromatic nitrogens is 2. The lowest BCUT2D eigenvalue weighted by Crippen LogP contribution is -2.02. The lowest BCUT2D eigenvalue weighted by molar-refractivity contribution is 0.412. The standard InChI is InChI=1S/C14H10N4O/c15-8-10-7-14(16-9-11-5-6-19-18-11)17-13-4-2-1-3-12(10)13/h1-7H,9H2,(H,16,17). The molecule has 0 unspecified atom stereocenters. The van der Waals surface area contributed by atoms with E-state index in [2.05, 4.69) is 21.5 Å². The van der Waals surface area contributed by atoms with Crippen LogP contribution in [0.25, 0.3) is 10.9 Å². The highest BCUT2D eigenvalue weighted by atomic mass is 16.5. The molecule has 0 saturated carbocycles. The molecule has 1 N–H and O–H groups in total. The van der Waals surface area contributed by atoms with E-state index in [-0.39, 0.29) is 0 Å². The molecule has 2 heterocycles. The molecule has 1 aromatic carbocycles. The topological polar surface area (TPSA) is 74.7 Å². The lowest BCUT2D eigenvalue weighted by atomic mass is 10.1. The Hall–Kier alpha value is -2.87. The summed E-state index contributed by atoms with van der Waals surface area (Å²) in [7, 11) is 0. The second-order valence-corrected chi connectivity index (χ2v) is 4.03. The quantitative estimate of drug-likeness (QED) is 0.773. The fraction of sp³-hybridized carbons (Fsp3) is 0.0714. The maximum absolute atomic E-state index is 9.18. The third-order valence-electron chi connectivity index (χ3n) is 2.78. The van der Waals surface area contributed by atoms with E-state index in [1.165, 1.54) is 6.26 Å². The molecule has 0 spiro atoms. The minimum absolute atomic E-state index is 0.507. The van der Waals surface area contributed by atoms with E-state index in [0.29, 0.717) is 17.9 Å². The van der Waals surface area contributed by atoms with Crippen molar-refractivity contribution < 1.29 is 4.52 Å². The van der Waals surface area contributed by atoms with Gasteiger partial charge >= 0.3 is 0 Å². The van der Waals surface area contributed by atoms with Crippen molar-refractivity contribution in [3.63, 3.8) is 0 Å². The number of hydrogen-bond acceptors (Lipinski definition) is 5. The first-order chi connectivity index (χ1) is 9.36. The first-order valence-corrected chi connectivity index (χ1v) is 5.80. The first-order valence-electron chi connectivity index (χ1n) is 5.80. The Morgan fingerprint density at radius 1 is 1.26 bits per heavy atom. The van der Waals surface area contributed by atoms with Gasteiger partial charge in [-0.25, -0.2) is 4.98 Å². The van der Waals surface area contributed by atoms with Gasteiger partial charge in [-0.2, -0.15) is 5.26 Å². The minimum atomic E-state index is 0.507. The largest absolute Gasteiger partial charge is 0.364 e. The number of fused-ring (bicyclic) bond motifs is 1. The maximum atomic E-state index is 9.18. The van der Waals surface area contributed by atoms with Crippen LogP contribution in [0.1, 0.15) is 11.3 Å². The summed E-state index contributed by atoms with van der Waals surface area (Å²) in [6, 6.07) is 13.3. The molecule has 0 fully saturated rings. The molecule has 0 aliphatic rings. The molecule has 0 aliphatic carbocycles. The first kappa shape index (κ1) is 11.2. The Morgan fingerprint density at radius 3 is 2.95 bits per heavy atom. The SMILES string of the molecule is N#Cc1cc(NCc2ccon2)nc2ccccc12. The van der Waals surface area contributed by atoms with E-state index >= 15 is 0 Å². The van der Waals surface area contributed by atoms with Gasteiger partial charge in [-0.3, -0.25) is 0 Å². The number of pyridine rings is 1. The van der Waals surface area contributed by atoms with Gasteiger partial charge in [0.1, 0.15) is 17.8 Å². The van der Waals surface area contributed by atoms with Crippen molar-refractivity contribution in [1.82, 2.24) is 10.1 Å². The van der Waals surface area contributed by atoms with Crippen LogP contribution in [-0.4, -0.2) is 10.1 Å². The Balaban J connectivity index is 1.94. The summed E-state index contributed by atoms with van der Waals surface area (Å²) in [4.78, 5) is 4.46. The number of nitrogens with zero attached hydrogens (tertiary/aromatic N) is 3. The molecule has 0 amide bonds. The van der Waals surface area contributed by atoms with E-state index in [0.717, 1.165) is 16.6 Å². The van der Waals surface area contributed by atoms with E-state index < -0.39 is 0 Å².